The van der Waals surface area contributed by atoms with E-state index >= 15 is 0 Å². The molecule has 2 rings (SSSR count). The summed E-state index contributed by atoms with van der Waals surface area (Å²) in [6.45, 7) is 1.36. The maximum absolute atomic E-state index is 8.77. The third-order valence-electron chi connectivity index (χ3n) is 2.86. The lowest BCUT2D eigenvalue weighted by molar-refractivity contribution is 0.141. The molecule has 0 atom stereocenters. The predicted molar refractivity (Wildman–Crippen MR) is 82.3 cm³/mol. The zero-order valence-corrected chi connectivity index (χ0v) is 12.2. The standard InChI is InChI=1S/C15H17N5O2/c1-21-6-7-22-15-19-10-13(17)14(20-15)18-9-12-4-2-11(8-16)3-5-12/h2-5,10H,6-7,9,17H2,1H3,(H,18,19,20). The molecule has 0 aliphatic heterocycles. The molecule has 0 aliphatic carbocycles. The molecule has 1 aromatic heterocycles. The molecule has 22 heavy (non-hydrogen) atoms. The van der Waals surface area contributed by atoms with Gasteiger partial charge >= 0.3 is 6.01 Å². The van der Waals surface area contributed by atoms with Crippen LogP contribution in [-0.2, 0) is 11.3 Å². The van der Waals surface area contributed by atoms with Crippen molar-refractivity contribution in [1.82, 2.24) is 9.97 Å². The van der Waals surface area contributed by atoms with Gasteiger partial charge in [-0.05, 0) is 17.7 Å². The molecule has 114 valence electrons. The molecule has 0 aliphatic rings. The van der Waals surface area contributed by atoms with E-state index in [0.717, 1.165) is 5.56 Å². The zero-order chi connectivity index (χ0) is 15.8. The second-order valence-corrected chi connectivity index (χ2v) is 4.46. The number of nitrogens with one attached hydrogen (secondary N) is 1. The number of anilines is 2. The summed E-state index contributed by atoms with van der Waals surface area (Å²) in [5.74, 6) is 0.506. The Hall–Kier alpha value is -2.85. The van der Waals surface area contributed by atoms with Gasteiger partial charge in [0.05, 0.1) is 30.1 Å². The molecule has 0 unspecified atom stereocenters. The number of nitrogens with two attached hydrogens (primary N) is 1. The van der Waals surface area contributed by atoms with Crippen LogP contribution in [0.3, 0.4) is 0 Å². The van der Waals surface area contributed by atoms with Crippen LogP contribution in [0.2, 0.25) is 0 Å². The number of benzene rings is 1. The van der Waals surface area contributed by atoms with E-state index in [1.54, 1.807) is 19.2 Å². The summed E-state index contributed by atoms with van der Waals surface area (Å²) in [5.41, 5.74) is 7.92. The van der Waals surface area contributed by atoms with Crippen LogP contribution in [0.15, 0.2) is 30.5 Å². The predicted octanol–water partition coefficient (Wildman–Crippen LogP) is 1.57. The molecule has 7 heteroatoms. The molecule has 0 saturated carbocycles. The fourth-order valence-corrected chi connectivity index (χ4v) is 1.69. The SMILES string of the molecule is COCCOc1ncc(N)c(NCc2ccc(C#N)cc2)n1. The molecule has 1 heterocycles. The smallest absolute Gasteiger partial charge is 0.318 e. The largest absolute Gasteiger partial charge is 0.461 e. The van der Waals surface area contributed by atoms with Gasteiger partial charge < -0.3 is 20.5 Å². The van der Waals surface area contributed by atoms with Gasteiger partial charge in [0.25, 0.3) is 0 Å². The second kappa shape index (κ2) is 7.81. The molecular formula is C15H17N5O2. The first-order chi connectivity index (χ1) is 10.7. The first-order valence-electron chi connectivity index (χ1n) is 6.70. The number of aromatic nitrogens is 2. The van der Waals surface area contributed by atoms with Crippen molar-refractivity contribution in [3.05, 3.63) is 41.6 Å². The highest BCUT2D eigenvalue weighted by molar-refractivity contribution is 5.60. The summed E-state index contributed by atoms with van der Waals surface area (Å²) in [5, 5.41) is 11.9. The van der Waals surface area contributed by atoms with Crippen molar-refractivity contribution in [2.24, 2.45) is 0 Å². The lowest BCUT2D eigenvalue weighted by Crippen LogP contribution is -2.10. The Kier molecular flexibility index (Phi) is 5.51. The molecule has 1 aromatic carbocycles. The van der Waals surface area contributed by atoms with Gasteiger partial charge in [0.15, 0.2) is 5.82 Å². The van der Waals surface area contributed by atoms with E-state index in [9.17, 15) is 0 Å². The Morgan fingerprint density at radius 3 is 2.73 bits per heavy atom. The Balaban J connectivity index is 1.98. The minimum atomic E-state index is 0.244. The van der Waals surface area contributed by atoms with Crippen LogP contribution in [0.5, 0.6) is 6.01 Å². The van der Waals surface area contributed by atoms with Gasteiger partial charge in [-0.15, -0.1) is 0 Å². The van der Waals surface area contributed by atoms with Crippen molar-refractivity contribution in [3.8, 4) is 12.1 Å². The van der Waals surface area contributed by atoms with Gasteiger partial charge in [-0.25, -0.2) is 4.98 Å². The minimum Gasteiger partial charge on any atom is -0.461 e. The number of rotatable bonds is 7. The average Bonchev–Trinajstić information content (AvgIpc) is 2.56. The summed E-state index contributed by atoms with van der Waals surface area (Å²) in [4.78, 5) is 8.21. The van der Waals surface area contributed by atoms with E-state index in [4.69, 9.17) is 20.5 Å². The molecule has 0 bridgehead atoms. The van der Waals surface area contributed by atoms with E-state index in [2.05, 4.69) is 21.4 Å². The number of methoxy groups -OCH3 is 1. The topological polar surface area (TPSA) is 106 Å². The number of nitriles is 1. The third kappa shape index (κ3) is 4.33. The second-order valence-electron chi connectivity index (χ2n) is 4.46. The number of hydrogen-bond acceptors (Lipinski definition) is 7. The molecule has 0 saturated heterocycles. The average molecular weight is 299 g/mol. The highest BCUT2D eigenvalue weighted by Gasteiger charge is 2.05. The Morgan fingerprint density at radius 1 is 1.27 bits per heavy atom. The van der Waals surface area contributed by atoms with Crippen LogP contribution in [0, 0.1) is 11.3 Å². The van der Waals surface area contributed by atoms with Gasteiger partial charge in [-0.3, -0.25) is 0 Å². The van der Waals surface area contributed by atoms with Gasteiger partial charge in [0.1, 0.15) is 6.61 Å². The minimum absolute atomic E-state index is 0.244. The molecule has 0 spiro atoms. The van der Waals surface area contributed by atoms with Gasteiger partial charge in [0.2, 0.25) is 0 Å². The molecule has 7 nitrogen and oxygen atoms in total. The number of nitrogen functional groups attached to an aromatic ring is 1. The van der Waals surface area contributed by atoms with E-state index in [-0.39, 0.29) is 6.01 Å². The maximum atomic E-state index is 8.77. The van der Waals surface area contributed by atoms with Crippen LogP contribution in [-0.4, -0.2) is 30.3 Å². The first-order valence-corrected chi connectivity index (χ1v) is 6.70. The van der Waals surface area contributed by atoms with Gasteiger partial charge in [-0.1, -0.05) is 12.1 Å². The van der Waals surface area contributed by atoms with Crippen molar-refractivity contribution in [2.45, 2.75) is 6.54 Å². The Labute approximate surface area is 128 Å². The van der Waals surface area contributed by atoms with Crippen LogP contribution in [0.1, 0.15) is 11.1 Å². The van der Waals surface area contributed by atoms with Crippen molar-refractivity contribution in [1.29, 1.82) is 5.26 Å². The van der Waals surface area contributed by atoms with Gasteiger partial charge in [-0.2, -0.15) is 10.2 Å². The van der Waals surface area contributed by atoms with E-state index in [0.29, 0.717) is 36.8 Å². The van der Waals surface area contributed by atoms with Crippen LogP contribution in [0.4, 0.5) is 11.5 Å². The lowest BCUT2D eigenvalue weighted by atomic mass is 10.1. The van der Waals surface area contributed by atoms with Gasteiger partial charge in [0, 0.05) is 13.7 Å². The molecule has 2 aromatic rings. The highest BCUT2D eigenvalue weighted by atomic mass is 16.5. The van der Waals surface area contributed by atoms with Crippen LogP contribution >= 0.6 is 0 Å². The summed E-state index contributed by atoms with van der Waals surface area (Å²) in [7, 11) is 1.60. The lowest BCUT2D eigenvalue weighted by Gasteiger charge is -2.10. The molecule has 0 fully saturated rings. The Bertz CT molecular complexity index is 652. The normalized spacial score (nSPS) is 10.0. The number of nitrogens with zero attached hydrogens (tertiary/aromatic N) is 3. The highest BCUT2D eigenvalue weighted by Crippen LogP contribution is 2.18. The molecular weight excluding hydrogens is 282 g/mol. The third-order valence-corrected chi connectivity index (χ3v) is 2.86. The molecule has 0 amide bonds. The van der Waals surface area contributed by atoms with E-state index < -0.39 is 0 Å². The van der Waals surface area contributed by atoms with Crippen LogP contribution < -0.4 is 15.8 Å². The summed E-state index contributed by atoms with van der Waals surface area (Å²) >= 11 is 0. The first kappa shape index (κ1) is 15.5. The summed E-state index contributed by atoms with van der Waals surface area (Å²) in [6, 6.07) is 9.60. The van der Waals surface area contributed by atoms with Crippen molar-refractivity contribution in [3.63, 3.8) is 0 Å². The van der Waals surface area contributed by atoms with E-state index in [1.165, 1.54) is 6.20 Å². The molecule has 3 N–H and O–H groups in total. The summed E-state index contributed by atoms with van der Waals surface area (Å²) < 4.78 is 10.2. The number of ether oxygens (including phenoxy) is 2. The van der Waals surface area contributed by atoms with Crippen molar-refractivity contribution >= 4 is 11.5 Å². The van der Waals surface area contributed by atoms with Crippen molar-refractivity contribution < 1.29 is 9.47 Å². The van der Waals surface area contributed by atoms with Crippen molar-refractivity contribution in [2.75, 3.05) is 31.4 Å². The quantitative estimate of drug-likeness (QED) is 0.747. The Morgan fingerprint density at radius 2 is 2.05 bits per heavy atom. The monoisotopic (exact) mass is 299 g/mol. The fraction of sp³-hybridized carbons (Fsp3) is 0.267. The fourth-order valence-electron chi connectivity index (χ4n) is 1.69. The maximum Gasteiger partial charge on any atom is 0.318 e. The van der Waals surface area contributed by atoms with Crippen LogP contribution in [0.25, 0.3) is 0 Å². The molecule has 0 radical (unpaired) electrons. The van der Waals surface area contributed by atoms with E-state index in [1.807, 2.05) is 12.1 Å². The summed E-state index contributed by atoms with van der Waals surface area (Å²) in [6.07, 6.45) is 1.50. The number of hydrogen-bond donors (Lipinski definition) is 2. The zero-order valence-electron chi connectivity index (χ0n) is 12.2.